The molecule has 1 amide bonds. The van der Waals surface area contributed by atoms with E-state index >= 15 is 0 Å². The van der Waals surface area contributed by atoms with Crippen LogP contribution in [-0.2, 0) is 4.79 Å². The van der Waals surface area contributed by atoms with E-state index in [4.69, 9.17) is 5.73 Å². The summed E-state index contributed by atoms with van der Waals surface area (Å²) < 4.78 is 37.4. The van der Waals surface area contributed by atoms with E-state index < -0.39 is 24.7 Å². The van der Waals surface area contributed by atoms with Crippen molar-refractivity contribution in [1.29, 1.82) is 0 Å². The van der Waals surface area contributed by atoms with Gasteiger partial charge in [-0.05, 0) is 18.3 Å². The van der Waals surface area contributed by atoms with Gasteiger partial charge in [-0.2, -0.15) is 13.2 Å². The van der Waals surface area contributed by atoms with Crippen LogP contribution in [0.1, 0.15) is 53.4 Å². The minimum atomic E-state index is -4.36. The topological polar surface area (TPSA) is 46.3 Å². The summed E-state index contributed by atoms with van der Waals surface area (Å²) in [6.07, 6.45) is -2.48. The second-order valence-corrected chi connectivity index (χ2v) is 6.51. The van der Waals surface area contributed by atoms with Crippen LogP contribution in [0.5, 0.6) is 0 Å². The Labute approximate surface area is 119 Å². The van der Waals surface area contributed by atoms with Crippen LogP contribution in [0.3, 0.4) is 0 Å². The lowest BCUT2D eigenvalue weighted by Gasteiger charge is -2.27. The van der Waals surface area contributed by atoms with Gasteiger partial charge >= 0.3 is 6.18 Å². The van der Waals surface area contributed by atoms with Crippen molar-refractivity contribution in [1.82, 2.24) is 4.90 Å². The Hall–Kier alpha value is -0.780. The number of hydrogen-bond donors (Lipinski definition) is 1. The van der Waals surface area contributed by atoms with E-state index in [0.717, 1.165) is 11.3 Å². The highest BCUT2D eigenvalue weighted by Gasteiger charge is 2.33. The number of alkyl halides is 3. The monoisotopic (exact) mass is 296 g/mol. The fourth-order valence-electron chi connectivity index (χ4n) is 2.07. The summed E-state index contributed by atoms with van der Waals surface area (Å²) in [6.45, 7) is 6.79. The SMILES string of the molecule is CCCCN(CC(F)(F)F)C(=O)CC(N)CC(C)(C)C. The Kier molecular flexibility index (Phi) is 7.55. The summed E-state index contributed by atoms with van der Waals surface area (Å²) in [7, 11) is 0. The van der Waals surface area contributed by atoms with Crippen LogP contribution in [0.4, 0.5) is 13.2 Å². The molecule has 2 N–H and O–H groups in total. The minimum absolute atomic E-state index is 0.0307. The number of rotatable bonds is 7. The van der Waals surface area contributed by atoms with Gasteiger partial charge in [0.15, 0.2) is 0 Å². The molecule has 0 radical (unpaired) electrons. The van der Waals surface area contributed by atoms with Gasteiger partial charge in [0, 0.05) is 19.0 Å². The summed E-state index contributed by atoms with van der Waals surface area (Å²) in [5.74, 6) is -0.507. The van der Waals surface area contributed by atoms with Gasteiger partial charge in [-0.15, -0.1) is 0 Å². The second kappa shape index (κ2) is 7.86. The first kappa shape index (κ1) is 19.2. The zero-order chi connectivity index (χ0) is 16.0. The molecule has 6 heteroatoms. The van der Waals surface area contributed by atoms with Gasteiger partial charge in [0.1, 0.15) is 6.54 Å². The molecule has 1 atom stereocenters. The third kappa shape index (κ3) is 10.1. The molecule has 0 aromatic rings. The molecule has 3 nitrogen and oxygen atoms in total. The van der Waals surface area contributed by atoms with Gasteiger partial charge in [0.2, 0.25) is 5.91 Å². The van der Waals surface area contributed by atoms with Gasteiger partial charge in [-0.3, -0.25) is 4.79 Å². The van der Waals surface area contributed by atoms with Crippen LogP contribution < -0.4 is 5.73 Å². The van der Waals surface area contributed by atoms with Crippen LogP contribution in [0.25, 0.3) is 0 Å². The Morgan fingerprint density at radius 2 is 1.80 bits per heavy atom. The van der Waals surface area contributed by atoms with E-state index in [0.29, 0.717) is 12.8 Å². The fraction of sp³-hybridized carbons (Fsp3) is 0.929. The molecule has 1 unspecified atom stereocenters. The Balaban J connectivity index is 4.54. The molecule has 0 heterocycles. The van der Waals surface area contributed by atoms with Crippen molar-refractivity contribution < 1.29 is 18.0 Å². The average molecular weight is 296 g/mol. The number of unbranched alkanes of at least 4 members (excludes halogenated alkanes) is 1. The Bertz CT molecular complexity index is 298. The normalized spacial score (nSPS) is 14.2. The molecule has 0 fully saturated rings. The molecule has 0 rings (SSSR count). The van der Waals surface area contributed by atoms with Crippen LogP contribution >= 0.6 is 0 Å². The van der Waals surface area contributed by atoms with Crippen molar-refractivity contribution in [2.45, 2.75) is 65.6 Å². The quantitative estimate of drug-likeness (QED) is 0.783. The summed E-state index contributed by atoms with van der Waals surface area (Å²) in [5, 5.41) is 0. The fourth-order valence-corrected chi connectivity index (χ4v) is 2.07. The van der Waals surface area contributed by atoms with Crippen LogP contribution in [-0.4, -0.2) is 36.1 Å². The zero-order valence-electron chi connectivity index (χ0n) is 12.9. The van der Waals surface area contributed by atoms with Crippen molar-refractivity contribution in [2.24, 2.45) is 11.1 Å². The summed E-state index contributed by atoms with van der Waals surface area (Å²) in [4.78, 5) is 12.8. The molecule has 0 aromatic carbocycles. The largest absolute Gasteiger partial charge is 0.406 e. The molecule has 0 aliphatic rings. The second-order valence-electron chi connectivity index (χ2n) is 6.51. The third-order valence-corrected chi connectivity index (χ3v) is 2.82. The summed E-state index contributed by atoms with van der Waals surface area (Å²) >= 11 is 0. The van der Waals surface area contributed by atoms with Crippen LogP contribution in [0.2, 0.25) is 0 Å². The molecule has 0 aromatic heterocycles. The van der Waals surface area contributed by atoms with E-state index in [1.54, 1.807) is 0 Å². The van der Waals surface area contributed by atoms with Gasteiger partial charge in [0.25, 0.3) is 0 Å². The molecule has 0 aliphatic carbocycles. The molecule has 0 bridgehead atoms. The van der Waals surface area contributed by atoms with Crippen molar-refractivity contribution in [3.63, 3.8) is 0 Å². The molecule has 0 saturated carbocycles. The molecule has 0 aliphatic heterocycles. The molecule has 120 valence electrons. The number of carbonyl (C=O) groups excluding carboxylic acids is 1. The third-order valence-electron chi connectivity index (χ3n) is 2.82. The van der Waals surface area contributed by atoms with Crippen molar-refractivity contribution >= 4 is 5.91 Å². The number of nitrogens with two attached hydrogens (primary N) is 1. The van der Waals surface area contributed by atoms with E-state index in [2.05, 4.69) is 0 Å². The predicted octanol–water partition coefficient (Wildman–Crippen LogP) is 3.33. The highest BCUT2D eigenvalue weighted by atomic mass is 19.4. The van der Waals surface area contributed by atoms with Crippen molar-refractivity contribution in [3.8, 4) is 0 Å². The predicted molar refractivity (Wildman–Crippen MR) is 74.2 cm³/mol. The molecular weight excluding hydrogens is 269 g/mol. The number of halogens is 3. The van der Waals surface area contributed by atoms with Crippen molar-refractivity contribution in [3.05, 3.63) is 0 Å². The Morgan fingerprint density at radius 3 is 2.20 bits per heavy atom. The molecular formula is C14H27F3N2O. The van der Waals surface area contributed by atoms with Gasteiger partial charge in [-0.25, -0.2) is 0 Å². The zero-order valence-corrected chi connectivity index (χ0v) is 12.9. The van der Waals surface area contributed by atoms with Crippen molar-refractivity contribution in [2.75, 3.05) is 13.1 Å². The lowest BCUT2D eigenvalue weighted by Crippen LogP contribution is -2.42. The van der Waals surface area contributed by atoms with Gasteiger partial charge in [0.05, 0.1) is 0 Å². The standard InChI is InChI=1S/C14H27F3N2O/c1-5-6-7-19(10-14(15,16)17)12(20)8-11(18)9-13(2,3)4/h11H,5-10,18H2,1-4H3. The lowest BCUT2D eigenvalue weighted by atomic mass is 9.87. The number of carbonyl (C=O) groups is 1. The smallest absolute Gasteiger partial charge is 0.334 e. The first-order chi connectivity index (χ1) is 8.94. The number of amides is 1. The first-order valence-corrected chi connectivity index (χ1v) is 7.04. The molecule has 0 saturated heterocycles. The molecule has 0 spiro atoms. The lowest BCUT2D eigenvalue weighted by molar-refractivity contribution is -0.161. The maximum Gasteiger partial charge on any atom is 0.406 e. The summed E-state index contributed by atoms with van der Waals surface area (Å²) in [6, 6.07) is -0.403. The van der Waals surface area contributed by atoms with E-state index in [1.165, 1.54) is 0 Å². The number of nitrogens with zero attached hydrogens (tertiary/aromatic N) is 1. The van der Waals surface area contributed by atoms with Crippen LogP contribution in [0, 0.1) is 5.41 Å². The van der Waals surface area contributed by atoms with E-state index in [-0.39, 0.29) is 18.4 Å². The van der Waals surface area contributed by atoms with Gasteiger partial charge in [-0.1, -0.05) is 34.1 Å². The maximum atomic E-state index is 12.5. The highest BCUT2D eigenvalue weighted by molar-refractivity contribution is 5.76. The maximum absolute atomic E-state index is 12.5. The minimum Gasteiger partial charge on any atom is -0.334 e. The van der Waals surface area contributed by atoms with Gasteiger partial charge < -0.3 is 10.6 Å². The van der Waals surface area contributed by atoms with Crippen LogP contribution in [0.15, 0.2) is 0 Å². The average Bonchev–Trinajstić information content (AvgIpc) is 2.19. The molecule has 20 heavy (non-hydrogen) atoms. The van der Waals surface area contributed by atoms with E-state index in [1.807, 2.05) is 27.7 Å². The number of hydrogen-bond acceptors (Lipinski definition) is 2. The summed E-state index contributed by atoms with van der Waals surface area (Å²) in [5.41, 5.74) is 5.82. The van der Waals surface area contributed by atoms with E-state index in [9.17, 15) is 18.0 Å². The first-order valence-electron chi connectivity index (χ1n) is 7.04. The highest BCUT2D eigenvalue weighted by Crippen LogP contribution is 2.22. The Morgan fingerprint density at radius 1 is 1.25 bits per heavy atom.